The fraction of sp³-hybridized carbons (Fsp3) is 0. The van der Waals surface area contributed by atoms with E-state index in [1.54, 1.807) is 6.07 Å². The maximum absolute atomic E-state index is 10.0. The molecule has 0 aromatic heterocycles. The molecule has 0 saturated carbocycles. The molecular weight excluding hydrogens is 146 g/mol. The number of benzene rings is 1. The topological polar surface area (TPSA) is 43.1 Å². The Morgan fingerprint density at radius 1 is 1.40 bits per heavy atom. The molecule has 0 aliphatic carbocycles. The zero-order valence-electron chi connectivity index (χ0n) is 5.28. The van der Waals surface area contributed by atoms with E-state index in [0.29, 0.717) is 5.69 Å². The van der Waals surface area contributed by atoms with Crippen LogP contribution in [0.15, 0.2) is 29.2 Å². The van der Waals surface area contributed by atoms with Crippen LogP contribution >= 0.6 is 11.8 Å². The molecule has 0 unspecified atom stereocenters. The highest BCUT2D eigenvalue weighted by atomic mass is 32.2. The Morgan fingerprint density at radius 2 is 2.10 bits per heavy atom. The van der Waals surface area contributed by atoms with Crippen LogP contribution < -0.4 is 5.73 Å². The molecule has 2 N–H and O–H groups in total. The quantitative estimate of drug-likeness (QED) is 0.398. The largest absolute Gasteiger partial charge is 0.398 e. The zero-order chi connectivity index (χ0) is 7.40. The number of nitrogens with two attached hydrogens (primary N) is 1. The van der Waals surface area contributed by atoms with E-state index >= 15 is 0 Å². The Hall–Kier alpha value is -0.960. The SMILES string of the molecule is Nc1ccccc1SC=O. The van der Waals surface area contributed by atoms with Crippen molar-refractivity contribution in [3.63, 3.8) is 0 Å². The fourth-order valence-corrected chi connectivity index (χ4v) is 1.10. The molecule has 0 aliphatic rings. The second-order valence-electron chi connectivity index (χ2n) is 1.75. The Kier molecular flexibility index (Phi) is 2.34. The highest BCUT2D eigenvalue weighted by Gasteiger charge is 1.94. The van der Waals surface area contributed by atoms with Gasteiger partial charge in [-0.1, -0.05) is 23.9 Å². The van der Waals surface area contributed by atoms with Crippen molar-refractivity contribution in [2.24, 2.45) is 0 Å². The Labute approximate surface area is 63.4 Å². The highest BCUT2D eigenvalue weighted by Crippen LogP contribution is 2.21. The molecule has 3 heteroatoms. The summed E-state index contributed by atoms with van der Waals surface area (Å²) >= 11 is 1.10. The van der Waals surface area contributed by atoms with Crippen LogP contribution in [0.2, 0.25) is 0 Å². The molecule has 0 aliphatic heterocycles. The molecule has 1 aromatic rings. The van der Waals surface area contributed by atoms with Crippen molar-refractivity contribution >= 4 is 23.1 Å². The summed E-state index contributed by atoms with van der Waals surface area (Å²) < 4.78 is 0. The molecule has 0 amide bonds. The number of carbonyl (C=O) groups excluding carboxylic acids is 1. The van der Waals surface area contributed by atoms with Crippen LogP contribution in [0.25, 0.3) is 0 Å². The van der Waals surface area contributed by atoms with Crippen LogP contribution in [-0.2, 0) is 4.79 Å². The van der Waals surface area contributed by atoms with E-state index in [4.69, 9.17) is 5.73 Å². The molecule has 2 nitrogen and oxygen atoms in total. The van der Waals surface area contributed by atoms with Crippen LogP contribution in [0, 0.1) is 0 Å². The van der Waals surface area contributed by atoms with E-state index in [0.717, 1.165) is 22.3 Å². The number of thioether (sulfide) groups is 1. The van der Waals surface area contributed by atoms with Gasteiger partial charge >= 0.3 is 0 Å². The van der Waals surface area contributed by atoms with Crippen LogP contribution in [-0.4, -0.2) is 5.62 Å². The van der Waals surface area contributed by atoms with Crippen molar-refractivity contribution < 1.29 is 4.79 Å². The molecule has 1 rings (SSSR count). The summed E-state index contributed by atoms with van der Waals surface area (Å²) in [6.45, 7) is 0. The van der Waals surface area contributed by atoms with E-state index in [9.17, 15) is 4.79 Å². The fourth-order valence-electron chi connectivity index (χ4n) is 0.640. The Morgan fingerprint density at radius 3 is 2.70 bits per heavy atom. The standard InChI is InChI=1S/C7H7NOS/c8-6-3-1-2-4-7(6)10-5-9/h1-5H,8H2. The number of anilines is 1. The smallest absolute Gasteiger partial charge is 0.181 e. The number of nitrogen functional groups attached to an aromatic ring is 1. The van der Waals surface area contributed by atoms with Gasteiger partial charge < -0.3 is 5.73 Å². The van der Waals surface area contributed by atoms with E-state index < -0.39 is 0 Å². The highest BCUT2D eigenvalue weighted by molar-refractivity contribution is 8.12. The van der Waals surface area contributed by atoms with Gasteiger partial charge in [-0.05, 0) is 12.1 Å². The lowest BCUT2D eigenvalue weighted by atomic mass is 10.3. The Bertz CT molecular complexity index is 237. The molecule has 0 fully saturated rings. The van der Waals surface area contributed by atoms with Gasteiger partial charge in [0.25, 0.3) is 0 Å². The molecule has 0 heterocycles. The van der Waals surface area contributed by atoms with Gasteiger partial charge in [0.2, 0.25) is 0 Å². The maximum atomic E-state index is 10.0. The lowest BCUT2D eigenvalue weighted by molar-refractivity contribution is 0.570. The van der Waals surface area contributed by atoms with Gasteiger partial charge in [0.1, 0.15) is 0 Å². The lowest BCUT2D eigenvalue weighted by Gasteiger charge is -1.97. The van der Waals surface area contributed by atoms with Crippen LogP contribution in [0.5, 0.6) is 0 Å². The number of hydrogen-bond donors (Lipinski definition) is 1. The van der Waals surface area contributed by atoms with Gasteiger partial charge in [-0.15, -0.1) is 0 Å². The first kappa shape index (κ1) is 7.15. The van der Waals surface area contributed by atoms with E-state index in [-0.39, 0.29) is 0 Å². The summed E-state index contributed by atoms with van der Waals surface area (Å²) in [5, 5.41) is 0. The number of hydrogen-bond acceptors (Lipinski definition) is 3. The van der Waals surface area contributed by atoms with Crippen LogP contribution in [0.1, 0.15) is 0 Å². The number of para-hydroxylation sites is 1. The van der Waals surface area contributed by atoms with Crippen molar-refractivity contribution in [1.82, 2.24) is 0 Å². The average molecular weight is 153 g/mol. The maximum Gasteiger partial charge on any atom is 0.181 e. The zero-order valence-corrected chi connectivity index (χ0v) is 6.10. The predicted molar refractivity (Wildman–Crippen MR) is 43.5 cm³/mol. The molecule has 0 bridgehead atoms. The second kappa shape index (κ2) is 3.27. The van der Waals surface area contributed by atoms with Crippen LogP contribution in [0.4, 0.5) is 5.69 Å². The lowest BCUT2D eigenvalue weighted by Crippen LogP contribution is -1.86. The van der Waals surface area contributed by atoms with Gasteiger partial charge in [0.05, 0.1) is 0 Å². The third-order valence-corrected chi connectivity index (χ3v) is 1.82. The summed E-state index contributed by atoms with van der Waals surface area (Å²) in [4.78, 5) is 10.9. The van der Waals surface area contributed by atoms with Crippen LogP contribution in [0.3, 0.4) is 0 Å². The van der Waals surface area contributed by atoms with E-state index in [1.807, 2.05) is 18.2 Å². The summed E-state index contributed by atoms with van der Waals surface area (Å²) in [6.07, 6.45) is 0. The number of carbonyl (C=O) groups is 1. The molecule has 0 radical (unpaired) electrons. The van der Waals surface area contributed by atoms with Crippen molar-refractivity contribution in [3.05, 3.63) is 24.3 Å². The molecular formula is C7H7NOS. The molecule has 10 heavy (non-hydrogen) atoms. The summed E-state index contributed by atoms with van der Waals surface area (Å²) in [5.41, 5.74) is 6.95. The third kappa shape index (κ3) is 1.51. The van der Waals surface area contributed by atoms with Crippen molar-refractivity contribution in [2.75, 3.05) is 5.73 Å². The second-order valence-corrected chi connectivity index (χ2v) is 2.62. The first-order chi connectivity index (χ1) is 4.84. The first-order valence-corrected chi connectivity index (χ1v) is 3.67. The van der Waals surface area contributed by atoms with Gasteiger partial charge in [0, 0.05) is 10.6 Å². The van der Waals surface area contributed by atoms with Crippen molar-refractivity contribution in [2.45, 2.75) is 4.90 Å². The normalized spacial score (nSPS) is 9.20. The summed E-state index contributed by atoms with van der Waals surface area (Å²) in [7, 11) is 0. The molecule has 52 valence electrons. The van der Waals surface area contributed by atoms with Crippen molar-refractivity contribution in [3.8, 4) is 0 Å². The van der Waals surface area contributed by atoms with Gasteiger partial charge in [-0.25, -0.2) is 0 Å². The minimum absolute atomic E-state index is 0.652. The van der Waals surface area contributed by atoms with E-state index in [2.05, 4.69) is 0 Å². The third-order valence-electron chi connectivity index (χ3n) is 1.09. The number of rotatable bonds is 2. The molecule has 0 atom stereocenters. The Balaban J connectivity index is 2.91. The molecule has 0 saturated heterocycles. The molecule has 0 spiro atoms. The minimum atomic E-state index is 0.652. The van der Waals surface area contributed by atoms with Gasteiger partial charge in [-0.3, -0.25) is 4.79 Å². The predicted octanol–water partition coefficient (Wildman–Crippen LogP) is 1.55. The first-order valence-electron chi connectivity index (χ1n) is 2.79. The van der Waals surface area contributed by atoms with Gasteiger partial charge in [-0.2, -0.15) is 0 Å². The molecule has 1 aromatic carbocycles. The average Bonchev–Trinajstić information content (AvgIpc) is 1.94. The van der Waals surface area contributed by atoms with Crippen molar-refractivity contribution in [1.29, 1.82) is 0 Å². The summed E-state index contributed by atoms with van der Waals surface area (Å²) in [6, 6.07) is 7.27. The monoisotopic (exact) mass is 153 g/mol. The van der Waals surface area contributed by atoms with E-state index in [1.165, 1.54) is 0 Å². The summed E-state index contributed by atoms with van der Waals surface area (Å²) in [5.74, 6) is 0. The minimum Gasteiger partial charge on any atom is -0.398 e. The van der Waals surface area contributed by atoms with Gasteiger partial charge in [0.15, 0.2) is 5.62 Å².